The van der Waals surface area contributed by atoms with Gasteiger partial charge in [-0.1, -0.05) is 36.0 Å². The van der Waals surface area contributed by atoms with E-state index in [1.165, 1.54) is 22.0 Å². The van der Waals surface area contributed by atoms with Gasteiger partial charge in [0.05, 0.1) is 20.5 Å². The van der Waals surface area contributed by atoms with E-state index in [9.17, 15) is 4.79 Å². The summed E-state index contributed by atoms with van der Waals surface area (Å²) in [6.07, 6.45) is 3.11. The van der Waals surface area contributed by atoms with Crippen molar-refractivity contribution in [3.63, 3.8) is 0 Å². The standard InChI is InChI=1S/C23H23N5OS2/c1-14(30-23-27-26-15(2)28(23)18-11-12-18)22(29)24-17-9-7-16(8-10-17)13-21-25-19-5-3-4-6-20(19)31-21/h3-10,14,18H,11-13H2,1-2H3,(H,24,29)/t14-/m0/s1. The number of thiazole rings is 1. The van der Waals surface area contributed by atoms with E-state index in [0.29, 0.717) is 6.04 Å². The number of carbonyl (C=O) groups excluding carboxylic acids is 1. The Morgan fingerprint density at radius 1 is 1.19 bits per heavy atom. The molecule has 158 valence electrons. The van der Waals surface area contributed by atoms with Gasteiger partial charge in [0, 0.05) is 18.2 Å². The number of carbonyl (C=O) groups is 1. The van der Waals surface area contributed by atoms with Crippen LogP contribution in [0.25, 0.3) is 10.2 Å². The number of nitrogens with one attached hydrogen (secondary N) is 1. The van der Waals surface area contributed by atoms with E-state index in [-0.39, 0.29) is 11.2 Å². The van der Waals surface area contributed by atoms with Gasteiger partial charge in [-0.25, -0.2) is 4.98 Å². The van der Waals surface area contributed by atoms with Crippen LogP contribution in [-0.4, -0.2) is 30.9 Å². The highest BCUT2D eigenvalue weighted by Crippen LogP contribution is 2.39. The highest BCUT2D eigenvalue weighted by Gasteiger charge is 2.29. The Labute approximate surface area is 189 Å². The van der Waals surface area contributed by atoms with Gasteiger partial charge in [-0.05, 0) is 56.5 Å². The van der Waals surface area contributed by atoms with Crippen LogP contribution in [0.2, 0.25) is 0 Å². The Bertz CT molecular complexity index is 1190. The number of hydrogen-bond donors (Lipinski definition) is 1. The number of aryl methyl sites for hydroxylation is 1. The Balaban J connectivity index is 1.20. The Morgan fingerprint density at radius 2 is 1.97 bits per heavy atom. The number of fused-ring (bicyclic) bond motifs is 1. The lowest BCUT2D eigenvalue weighted by molar-refractivity contribution is -0.115. The first-order chi connectivity index (χ1) is 15.1. The van der Waals surface area contributed by atoms with E-state index < -0.39 is 0 Å². The lowest BCUT2D eigenvalue weighted by Crippen LogP contribution is -2.23. The fourth-order valence-electron chi connectivity index (χ4n) is 3.52. The van der Waals surface area contributed by atoms with E-state index in [0.717, 1.165) is 46.5 Å². The van der Waals surface area contributed by atoms with E-state index >= 15 is 0 Å². The van der Waals surface area contributed by atoms with Crippen LogP contribution in [0.4, 0.5) is 5.69 Å². The highest BCUT2D eigenvalue weighted by molar-refractivity contribution is 8.00. The van der Waals surface area contributed by atoms with E-state index in [1.54, 1.807) is 11.3 Å². The molecule has 1 atom stereocenters. The van der Waals surface area contributed by atoms with Crippen LogP contribution in [0.15, 0.2) is 53.7 Å². The van der Waals surface area contributed by atoms with Gasteiger partial charge in [-0.2, -0.15) is 0 Å². The van der Waals surface area contributed by atoms with Gasteiger partial charge in [0.1, 0.15) is 5.82 Å². The first-order valence-corrected chi connectivity index (χ1v) is 12.1. The van der Waals surface area contributed by atoms with Crippen LogP contribution in [0.1, 0.15) is 42.2 Å². The molecule has 31 heavy (non-hydrogen) atoms. The molecule has 4 aromatic rings. The summed E-state index contributed by atoms with van der Waals surface area (Å²) in [5, 5.41) is 13.1. The molecule has 0 aliphatic heterocycles. The molecule has 1 amide bonds. The number of benzene rings is 2. The number of anilines is 1. The third-order valence-corrected chi connectivity index (χ3v) is 7.41. The summed E-state index contributed by atoms with van der Waals surface area (Å²) in [5.41, 5.74) is 3.02. The van der Waals surface area contributed by atoms with Gasteiger partial charge in [0.15, 0.2) is 5.16 Å². The summed E-state index contributed by atoms with van der Waals surface area (Å²) in [6.45, 7) is 3.87. The van der Waals surface area contributed by atoms with Gasteiger partial charge < -0.3 is 9.88 Å². The van der Waals surface area contributed by atoms with Crippen molar-refractivity contribution in [1.29, 1.82) is 0 Å². The predicted octanol–water partition coefficient (Wildman–Crippen LogP) is 5.24. The van der Waals surface area contributed by atoms with Crippen molar-refractivity contribution in [1.82, 2.24) is 19.7 Å². The summed E-state index contributed by atoms with van der Waals surface area (Å²) >= 11 is 3.19. The minimum absolute atomic E-state index is 0.0353. The van der Waals surface area contributed by atoms with Crippen molar-refractivity contribution < 1.29 is 4.79 Å². The van der Waals surface area contributed by atoms with Crippen molar-refractivity contribution >= 4 is 44.9 Å². The maximum atomic E-state index is 12.7. The molecular weight excluding hydrogens is 426 g/mol. The number of amides is 1. The Hall–Kier alpha value is -2.71. The third kappa shape index (κ3) is 4.50. The number of hydrogen-bond acceptors (Lipinski definition) is 6. The highest BCUT2D eigenvalue weighted by atomic mass is 32.2. The molecule has 2 heterocycles. The maximum absolute atomic E-state index is 12.7. The first-order valence-electron chi connectivity index (χ1n) is 10.4. The second kappa shape index (κ2) is 8.43. The molecule has 2 aromatic carbocycles. The van der Waals surface area contributed by atoms with Crippen LogP contribution in [-0.2, 0) is 11.2 Å². The average molecular weight is 450 g/mol. The molecule has 1 saturated carbocycles. The van der Waals surface area contributed by atoms with Gasteiger partial charge in [0.2, 0.25) is 5.91 Å². The number of nitrogens with zero attached hydrogens (tertiary/aromatic N) is 4. The molecule has 0 saturated heterocycles. The van der Waals surface area contributed by atoms with E-state index in [4.69, 9.17) is 4.98 Å². The lowest BCUT2D eigenvalue weighted by Gasteiger charge is -2.13. The van der Waals surface area contributed by atoms with Crippen molar-refractivity contribution in [3.05, 3.63) is 64.9 Å². The summed E-state index contributed by atoms with van der Waals surface area (Å²) in [6, 6.07) is 16.7. The number of aromatic nitrogens is 4. The monoisotopic (exact) mass is 449 g/mol. The smallest absolute Gasteiger partial charge is 0.237 e. The molecule has 6 nitrogen and oxygen atoms in total. The summed E-state index contributed by atoms with van der Waals surface area (Å²) in [5.74, 6) is 0.883. The lowest BCUT2D eigenvalue weighted by atomic mass is 10.1. The summed E-state index contributed by atoms with van der Waals surface area (Å²) < 4.78 is 3.37. The van der Waals surface area contributed by atoms with Crippen LogP contribution < -0.4 is 5.32 Å². The van der Waals surface area contributed by atoms with Gasteiger partial charge in [-0.15, -0.1) is 21.5 Å². The SMILES string of the molecule is Cc1nnc(S[C@@H](C)C(=O)Nc2ccc(Cc3nc4ccccc4s3)cc2)n1C1CC1. The second-order valence-corrected chi connectivity index (χ2v) is 10.3. The second-order valence-electron chi connectivity index (χ2n) is 7.83. The quantitative estimate of drug-likeness (QED) is 0.391. The molecule has 0 unspecified atom stereocenters. The maximum Gasteiger partial charge on any atom is 0.237 e. The summed E-state index contributed by atoms with van der Waals surface area (Å²) in [4.78, 5) is 17.4. The zero-order valence-electron chi connectivity index (χ0n) is 17.4. The molecule has 1 aliphatic carbocycles. The first kappa shape index (κ1) is 20.2. The van der Waals surface area contributed by atoms with Crippen LogP contribution in [0.5, 0.6) is 0 Å². The van der Waals surface area contributed by atoms with E-state index in [2.05, 4.69) is 26.1 Å². The van der Waals surface area contributed by atoms with Gasteiger partial charge in [-0.3, -0.25) is 4.79 Å². The van der Waals surface area contributed by atoms with Crippen LogP contribution >= 0.6 is 23.1 Å². The fraction of sp³-hybridized carbons (Fsp3) is 0.304. The number of para-hydroxylation sites is 1. The van der Waals surface area contributed by atoms with Gasteiger partial charge >= 0.3 is 0 Å². The third-order valence-electron chi connectivity index (χ3n) is 5.31. The molecule has 8 heteroatoms. The van der Waals surface area contributed by atoms with Crippen molar-refractivity contribution in [2.24, 2.45) is 0 Å². The Kier molecular flexibility index (Phi) is 5.50. The molecule has 0 spiro atoms. The molecule has 1 fully saturated rings. The topological polar surface area (TPSA) is 72.7 Å². The largest absolute Gasteiger partial charge is 0.325 e. The molecular formula is C23H23N5OS2. The minimum atomic E-state index is -0.261. The normalized spacial score (nSPS) is 14.6. The van der Waals surface area contributed by atoms with E-state index in [1.807, 2.05) is 56.3 Å². The molecule has 5 rings (SSSR count). The zero-order chi connectivity index (χ0) is 21.4. The Morgan fingerprint density at radius 3 is 2.71 bits per heavy atom. The van der Waals surface area contributed by atoms with Crippen LogP contribution in [0.3, 0.4) is 0 Å². The summed E-state index contributed by atoms with van der Waals surface area (Å²) in [7, 11) is 0. The van der Waals surface area contributed by atoms with Crippen LogP contribution in [0, 0.1) is 6.92 Å². The molecule has 1 N–H and O–H groups in total. The molecule has 2 aromatic heterocycles. The number of thioether (sulfide) groups is 1. The number of rotatable bonds is 7. The average Bonchev–Trinajstić information content (AvgIpc) is 3.41. The van der Waals surface area contributed by atoms with Crippen molar-refractivity contribution in [2.45, 2.75) is 49.6 Å². The molecule has 0 radical (unpaired) electrons. The fourth-order valence-corrected chi connectivity index (χ4v) is 5.48. The molecule has 1 aliphatic rings. The van der Waals surface area contributed by atoms with Crippen molar-refractivity contribution in [3.8, 4) is 0 Å². The molecule has 0 bridgehead atoms. The minimum Gasteiger partial charge on any atom is -0.325 e. The van der Waals surface area contributed by atoms with Gasteiger partial charge in [0.25, 0.3) is 0 Å². The van der Waals surface area contributed by atoms with Crippen molar-refractivity contribution in [2.75, 3.05) is 5.32 Å². The zero-order valence-corrected chi connectivity index (χ0v) is 19.0. The predicted molar refractivity (Wildman–Crippen MR) is 126 cm³/mol.